The molecule has 1 aliphatic carbocycles. The number of benzene rings is 3. The Morgan fingerprint density at radius 1 is 0.886 bits per heavy atom. The predicted molar refractivity (Wildman–Crippen MR) is 134 cm³/mol. The third-order valence-electron chi connectivity index (χ3n) is 6.84. The summed E-state index contributed by atoms with van der Waals surface area (Å²) >= 11 is 0. The van der Waals surface area contributed by atoms with Gasteiger partial charge in [-0.05, 0) is 73.8 Å². The van der Waals surface area contributed by atoms with Gasteiger partial charge in [0.05, 0.1) is 13.7 Å². The lowest BCUT2D eigenvalue weighted by Crippen LogP contribution is -2.12. The van der Waals surface area contributed by atoms with Crippen LogP contribution in [0.4, 0.5) is 13.2 Å². The topological polar surface area (TPSA) is 18.5 Å². The first-order chi connectivity index (χ1) is 17.0. The predicted octanol–water partition coefficient (Wildman–Crippen LogP) is 8.30. The smallest absolute Gasteiger partial charge is 0.167 e. The van der Waals surface area contributed by atoms with Gasteiger partial charge in [0.25, 0.3) is 0 Å². The Balaban J connectivity index is 1.38. The zero-order chi connectivity index (χ0) is 24.8. The standard InChI is InChI=1S/C30H31F3O2/c1-3-35-19-25-11-10-24(18-28(25)31)21-7-4-20(5-8-21)6-9-23-14-17-27(30(33)29(23)32)22-12-15-26(34-2)16-13-22/h6,9-18,20-21H,3-5,7-8,19H2,1-2H3/b9-6+. The fourth-order valence-electron chi connectivity index (χ4n) is 4.72. The molecule has 0 unspecified atom stereocenters. The van der Waals surface area contributed by atoms with E-state index >= 15 is 0 Å². The first kappa shape index (κ1) is 25.1. The number of hydrogen-bond acceptors (Lipinski definition) is 2. The van der Waals surface area contributed by atoms with Crippen LogP contribution >= 0.6 is 0 Å². The van der Waals surface area contributed by atoms with Crippen LogP contribution in [-0.2, 0) is 11.3 Å². The molecule has 3 aromatic rings. The molecule has 0 N–H and O–H groups in total. The maximum absolute atomic E-state index is 14.8. The van der Waals surface area contributed by atoms with Crippen LogP contribution in [0.3, 0.4) is 0 Å². The van der Waals surface area contributed by atoms with Crippen LogP contribution in [0.2, 0.25) is 0 Å². The molecule has 2 nitrogen and oxygen atoms in total. The lowest BCUT2D eigenvalue weighted by atomic mass is 9.78. The molecule has 184 valence electrons. The zero-order valence-electron chi connectivity index (χ0n) is 20.2. The fourth-order valence-corrected chi connectivity index (χ4v) is 4.72. The Bertz CT molecular complexity index is 1160. The molecule has 35 heavy (non-hydrogen) atoms. The largest absolute Gasteiger partial charge is 0.497 e. The summed E-state index contributed by atoms with van der Waals surface area (Å²) < 4.78 is 54.4. The maximum atomic E-state index is 14.8. The summed E-state index contributed by atoms with van der Waals surface area (Å²) in [7, 11) is 1.56. The van der Waals surface area contributed by atoms with Crippen molar-refractivity contribution in [3.8, 4) is 16.9 Å². The molecule has 4 rings (SSSR count). The summed E-state index contributed by atoms with van der Waals surface area (Å²) in [5, 5.41) is 0. The molecule has 5 heteroatoms. The summed E-state index contributed by atoms with van der Waals surface area (Å²) in [6, 6.07) is 15.6. The Morgan fingerprint density at radius 2 is 1.63 bits per heavy atom. The second-order valence-corrected chi connectivity index (χ2v) is 9.02. The third-order valence-corrected chi connectivity index (χ3v) is 6.84. The highest BCUT2D eigenvalue weighted by atomic mass is 19.2. The molecular formula is C30H31F3O2. The van der Waals surface area contributed by atoms with Crippen LogP contribution in [0, 0.1) is 23.4 Å². The van der Waals surface area contributed by atoms with E-state index in [1.54, 1.807) is 55.7 Å². The average Bonchev–Trinajstić information content (AvgIpc) is 2.89. The first-order valence-electron chi connectivity index (χ1n) is 12.2. The van der Waals surface area contributed by atoms with E-state index in [4.69, 9.17) is 9.47 Å². The second-order valence-electron chi connectivity index (χ2n) is 9.02. The molecule has 1 saturated carbocycles. The van der Waals surface area contributed by atoms with Crippen molar-refractivity contribution in [3.63, 3.8) is 0 Å². The van der Waals surface area contributed by atoms with E-state index in [9.17, 15) is 13.2 Å². The van der Waals surface area contributed by atoms with Crippen molar-refractivity contribution in [2.45, 2.75) is 45.1 Å². The van der Waals surface area contributed by atoms with Crippen LogP contribution in [0.25, 0.3) is 17.2 Å². The van der Waals surface area contributed by atoms with Crippen LogP contribution in [-0.4, -0.2) is 13.7 Å². The molecular weight excluding hydrogens is 449 g/mol. The third kappa shape index (κ3) is 5.96. The van der Waals surface area contributed by atoms with Gasteiger partial charge in [-0.3, -0.25) is 0 Å². The lowest BCUT2D eigenvalue weighted by molar-refractivity contribution is 0.131. The monoisotopic (exact) mass is 480 g/mol. The Labute approximate surface area is 205 Å². The molecule has 0 aromatic heterocycles. The highest BCUT2D eigenvalue weighted by Crippen LogP contribution is 2.37. The van der Waals surface area contributed by atoms with Crippen molar-refractivity contribution < 1.29 is 22.6 Å². The summed E-state index contributed by atoms with van der Waals surface area (Å²) in [4.78, 5) is 0. The van der Waals surface area contributed by atoms with Gasteiger partial charge in [-0.1, -0.05) is 48.6 Å². The van der Waals surface area contributed by atoms with Gasteiger partial charge in [0.15, 0.2) is 11.6 Å². The minimum absolute atomic E-state index is 0.214. The fraction of sp³-hybridized carbons (Fsp3) is 0.333. The van der Waals surface area contributed by atoms with Gasteiger partial charge in [0.1, 0.15) is 11.6 Å². The van der Waals surface area contributed by atoms with Crippen molar-refractivity contribution in [2.24, 2.45) is 5.92 Å². The Morgan fingerprint density at radius 3 is 2.29 bits per heavy atom. The first-order valence-corrected chi connectivity index (χ1v) is 12.2. The molecule has 0 atom stereocenters. The Hall–Kier alpha value is -3.05. The van der Waals surface area contributed by atoms with E-state index in [1.807, 2.05) is 25.1 Å². The molecule has 0 radical (unpaired) electrons. The maximum Gasteiger partial charge on any atom is 0.167 e. The molecule has 0 spiro atoms. The molecule has 0 aliphatic heterocycles. The highest BCUT2D eigenvalue weighted by molar-refractivity contribution is 5.67. The Kier molecular flexibility index (Phi) is 8.29. The van der Waals surface area contributed by atoms with Crippen LogP contribution in [0.15, 0.2) is 60.7 Å². The molecule has 0 amide bonds. The van der Waals surface area contributed by atoms with Crippen molar-refractivity contribution in [2.75, 3.05) is 13.7 Å². The van der Waals surface area contributed by atoms with E-state index in [1.165, 1.54) is 0 Å². The molecule has 0 bridgehead atoms. The van der Waals surface area contributed by atoms with Crippen molar-refractivity contribution >= 4 is 6.08 Å². The van der Waals surface area contributed by atoms with Gasteiger partial charge in [0, 0.05) is 23.3 Å². The number of rotatable bonds is 8. The number of halogens is 3. The van der Waals surface area contributed by atoms with Gasteiger partial charge in [-0.25, -0.2) is 13.2 Å². The minimum Gasteiger partial charge on any atom is -0.497 e. The summed E-state index contributed by atoms with van der Waals surface area (Å²) in [5.74, 6) is -0.645. The molecule has 3 aromatic carbocycles. The van der Waals surface area contributed by atoms with E-state index in [0.29, 0.717) is 36.0 Å². The SMILES string of the molecule is CCOCc1ccc(C2CCC(/C=C/c3ccc(-c4ccc(OC)cc4)c(F)c3F)CC2)cc1F. The number of hydrogen-bond donors (Lipinski definition) is 0. The lowest BCUT2D eigenvalue weighted by Gasteiger charge is -2.27. The van der Waals surface area contributed by atoms with Gasteiger partial charge in [-0.15, -0.1) is 0 Å². The van der Waals surface area contributed by atoms with Crippen molar-refractivity contribution in [3.05, 3.63) is 94.8 Å². The van der Waals surface area contributed by atoms with Gasteiger partial charge < -0.3 is 9.47 Å². The summed E-state index contributed by atoms with van der Waals surface area (Å²) in [6.07, 6.45) is 7.39. The van der Waals surface area contributed by atoms with Crippen LogP contribution in [0.5, 0.6) is 5.75 Å². The molecule has 0 saturated heterocycles. The van der Waals surface area contributed by atoms with Gasteiger partial charge in [0.2, 0.25) is 0 Å². The van der Waals surface area contributed by atoms with Crippen molar-refractivity contribution in [1.29, 1.82) is 0 Å². The highest BCUT2D eigenvalue weighted by Gasteiger charge is 2.22. The molecule has 0 heterocycles. The number of allylic oxidation sites excluding steroid dienone is 1. The van der Waals surface area contributed by atoms with E-state index < -0.39 is 11.6 Å². The second kappa shape index (κ2) is 11.6. The van der Waals surface area contributed by atoms with Gasteiger partial charge in [-0.2, -0.15) is 0 Å². The minimum atomic E-state index is -0.851. The van der Waals surface area contributed by atoms with Crippen LogP contribution < -0.4 is 4.74 Å². The van der Waals surface area contributed by atoms with Crippen molar-refractivity contribution in [1.82, 2.24) is 0 Å². The molecule has 1 aliphatic rings. The summed E-state index contributed by atoms with van der Waals surface area (Å²) in [6.45, 7) is 2.74. The zero-order valence-corrected chi connectivity index (χ0v) is 20.2. The number of methoxy groups -OCH3 is 1. The normalized spacial score (nSPS) is 18.2. The average molecular weight is 481 g/mol. The van der Waals surface area contributed by atoms with E-state index in [2.05, 4.69) is 0 Å². The number of ether oxygens (including phenoxy) is 2. The molecule has 1 fully saturated rings. The van der Waals surface area contributed by atoms with E-state index in [-0.39, 0.29) is 22.9 Å². The van der Waals surface area contributed by atoms with Gasteiger partial charge >= 0.3 is 0 Å². The van der Waals surface area contributed by atoms with Crippen LogP contribution in [0.1, 0.15) is 55.2 Å². The quantitative estimate of drug-likeness (QED) is 0.323. The summed E-state index contributed by atoms with van der Waals surface area (Å²) in [5.41, 5.74) is 2.67. The van der Waals surface area contributed by atoms with E-state index in [0.717, 1.165) is 31.2 Å².